The van der Waals surface area contributed by atoms with Crippen molar-refractivity contribution < 1.29 is 0 Å². The first-order valence-corrected chi connectivity index (χ1v) is 7.08. The first-order valence-electron chi connectivity index (χ1n) is 7.08. The third-order valence-electron chi connectivity index (χ3n) is 5.74. The van der Waals surface area contributed by atoms with Crippen LogP contribution < -0.4 is 5.73 Å². The molecule has 0 aromatic carbocycles. The first-order chi connectivity index (χ1) is 7.33. The van der Waals surface area contributed by atoms with Gasteiger partial charge in [0, 0.05) is 6.04 Å². The van der Waals surface area contributed by atoms with Crippen molar-refractivity contribution in [2.24, 2.45) is 23.0 Å². The molecule has 0 saturated heterocycles. The molecule has 1 heteroatoms. The molecule has 3 fully saturated rings. The first kappa shape index (κ1) is 10.1. The topological polar surface area (TPSA) is 26.0 Å². The Morgan fingerprint density at radius 1 is 0.867 bits per heavy atom. The number of rotatable bonds is 0. The van der Waals surface area contributed by atoms with E-state index in [-0.39, 0.29) is 0 Å². The minimum Gasteiger partial charge on any atom is -0.327 e. The maximum absolute atomic E-state index is 6.55. The average Bonchev–Trinajstić information content (AvgIpc) is 2.74. The number of hydrogen-bond donors (Lipinski definition) is 1. The fraction of sp³-hybridized carbons (Fsp3) is 1.00. The van der Waals surface area contributed by atoms with Gasteiger partial charge in [-0.1, -0.05) is 32.1 Å². The van der Waals surface area contributed by atoms with Crippen molar-refractivity contribution in [1.29, 1.82) is 0 Å². The molecule has 2 N–H and O–H groups in total. The van der Waals surface area contributed by atoms with Crippen LogP contribution in [0.3, 0.4) is 0 Å². The maximum atomic E-state index is 6.55. The number of hydrogen-bond acceptors (Lipinski definition) is 1. The minimum atomic E-state index is 0.564. The van der Waals surface area contributed by atoms with Gasteiger partial charge in [0.2, 0.25) is 0 Å². The molecule has 0 radical (unpaired) electrons. The lowest BCUT2D eigenvalue weighted by Gasteiger charge is -2.44. The monoisotopic (exact) mass is 207 g/mol. The van der Waals surface area contributed by atoms with E-state index < -0.39 is 0 Å². The second-order valence-corrected chi connectivity index (χ2v) is 6.30. The van der Waals surface area contributed by atoms with Crippen LogP contribution in [0.1, 0.15) is 64.2 Å². The van der Waals surface area contributed by atoms with Crippen molar-refractivity contribution >= 4 is 0 Å². The van der Waals surface area contributed by atoms with Gasteiger partial charge in [-0.3, -0.25) is 0 Å². The average molecular weight is 207 g/mol. The van der Waals surface area contributed by atoms with E-state index in [4.69, 9.17) is 5.73 Å². The van der Waals surface area contributed by atoms with Crippen LogP contribution in [-0.2, 0) is 0 Å². The highest BCUT2D eigenvalue weighted by atomic mass is 14.8. The third kappa shape index (κ3) is 1.46. The normalized spacial score (nSPS) is 44.2. The second kappa shape index (κ2) is 3.76. The van der Waals surface area contributed by atoms with Crippen LogP contribution in [0, 0.1) is 17.3 Å². The van der Waals surface area contributed by atoms with Crippen molar-refractivity contribution in [3.63, 3.8) is 0 Å². The van der Waals surface area contributed by atoms with E-state index in [0.717, 1.165) is 11.8 Å². The molecular weight excluding hydrogens is 182 g/mol. The Bertz CT molecular complexity index is 223. The predicted octanol–water partition coefficient (Wildman–Crippen LogP) is 3.47. The van der Waals surface area contributed by atoms with Gasteiger partial charge >= 0.3 is 0 Å². The fourth-order valence-electron chi connectivity index (χ4n) is 4.91. The second-order valence-electron chi connectivity index (χ2n) is 6.30. The van der Waals surface area contributed by atoms with Gasteiger partial charge in [-0.2, -0.15) is 0 Å². The molecule has 3 aliphatic rings. The molecule has 0 amide bonds. The molecule has 0 heterocycles. The van der Waals surface area contributed by atoms with Crippen LogP contribution in [0.2, 0.25) is 0 Å². The number of nitrogens with two attached hydrogens (primary N) is 1. The molecule has 3 aliphatic carbocycles. The van der Waals surface area contributed by atoms with E-state index in [1.807, 2.05) is 0 Å². The van der Waals surface area contributed by atoms with Gasteiger partial charge in [-0.05, 0) is 49.4 Å². The van der Waals surface area contributed by atoms with Crippen LogP contribution in [0.4, 0.5) is 0 Å². The Morgan fingerprint density at radius 2 is 1.53 bits per heavy atom. The van der Waals surface area contributed by atoms with Crippen molar-refractivity contribution in [1.82, 2.24) is 0 Å². The minimum absolute atomic E-state index is 0.564. The van der Waals surface area contributed by atoms with Gasteiger partial charge in [-0.25, -0.2) is 0 Å². The third-order valence-corrected chi connectivity index (χ3v) is 5.74. The van der Waals surface area contributed by atoms with Crippen molar-refractivity contribution in [3.05, 3.63) is 0 Å². The van der Waals surface area contributed by atoms with Crippen LogP contribution >= 0.6 is 0 Å². The molecule has 0 aliphatic heterocycles. The fourth-order valence-corrected chi connectivity index (χ4v) is 4.91. The van der Waals surface area contributed by atoms with Gasteiger partial charge < -0.3 is 5.73 Å². The van der Waals surface area contributed by atoms with E-state index >= 15 is 0 Å². The Balaban J connectivity index is 1.80. The molecule has 0 aromatic rings. The van der Waals surface area contributed by atoms with Gasteiger partial charge in [0.15, 0.2) is 0 Å². The summed E-state index contributed by atoms with van der Waals surface area (Å²) < 4.78 is 0. The molecule has 3 rings (SSSR count). The van der Waals surface area contributed by atoms with Crippen molar-refractivity contribution in [3.8, 4) is 0 Å². The summed E-state index contributed by atoms with van der Waals surface area (Å²) in [4.78, 5) is 0. The zero-order valence-electron chi connectivity index (χ0n) is 9.88. The largest absolute Gasteiger partial charge is 0.327 e. The Morgan fingerprint density at radius 3 is 2.13 bits per heavy atom. The van der Waals surface area contributed by atoms with E-state index in [2.05, 4.69) is 0 Å². The zero-order valence-corrected chi connectivity index (χ0v) is 9.88. The molecule has 15 heavy (non-hydrogen) atoms. The van der Waals surface area contributed by atoms with Crippen LogP contribution in [-0.4, -0.2) is 6.04 Å². The highest BCUT2D eigenvalue weighted by Gasteiger charge is 2.55. The maximum Gasteiger partial charge on any atom is 0.0127 e. The summed E-state index contributed by atoms with van der Waals surface area (Å²) in [6, 6.07) is 0.564. The standard InChI is InChI=1S/C14H25N/c15-13-11-6-7-12(10-11)14(13)8-4-2-1-3-5-9-14/h11-13H,1-10,15H2/t11-,12+,13-/m1/s1. The van der Waals surface area contributed by atoms with Crippen LogP contribution in [0.5, 0.6) is 0 Å². The van der Waals surface area contributed by atoms with E-state index in [9.17, 15) is 0 Å². The van der Waals surface area contributed by atoms with Gasteiger partial charge in [-0.15, -0.1) is 0 Å². The quantitative estimate of drug-likeness (QED) is 0.646. The van der Waals surface area contributed by atoms with Gasteiger partial charge in [0.05, 0.1) is 0 Å². The lowest BCUT2D eigenvalue weighted by atomic mass is 9.63. The summed E-state index contributed by atoms with van der Waals surface area (Å²) in [5, 5.41) is 0. The van der Waals surface area contributed by atoms with Crippen LogP contribution in [0.15, 0.2) is 0 Å². The highest BCUT2D eigenvalue weighted by molar-refractivity contribution is 5.08. The van der Waals surface area contributed by atoms with Crippen molar-refractivity contribution in [2.45, 2.75) is 70.3 Å². The molecule has 86 valence electrons. The lowest BCUT2D eigenvalue weighted by Crippen LogP contribution is -2.46. The van der Waals surface area contributed by atoms with E-state index in [0.29, 0.717) is 11.5 Å². The molecule has 0 aromatic heterocycles. The smallest absolute Gasteiger partial charge is 0.0127 e. The SMILES string of the molecule is N[C@@H]1[C@@H]2CC[C@@H](C2)C12CCCCCCC2. The summed E-state index contributed by atoms with van der Waals surface area (Å²) in [5.74, 6) is 1.91. The van der Waals surface area contributed by atoms with E-state index in [1.165, 1.54) is 64.2 Å². The molecule has 2 bridgehead atoms. The molecule has 1 nitrogen and oxygen atoms in total. The molecular formula is C14H25N. The lowest BCUT2D eigenvalue weighted by molar-refractivity contribution is 0.0912. The molecule has 1 spiro atoms. The van der Waals surface area contributed by atoms with Gasteiger partial charge in [0.25, 0.3) is 0 Å². The van der Waals surface area contributed by atoms with Crippen LogP contribution in [0.25, 0.3) is 0 Å². The van der Waals surface area contributed by atoms with Crippen molar-refractivity contribution in [2.75, 3.05) is 0 Å². The Hall–Kier alpha value is -0.0400. The Labute approximate surface area is 93.8 Å². The summed E-state index contributed by atoms with van der Waals surface area (Å²) in [5.41, 5.74) is 7.15. The molecule has 0 unspecified atom stereocenters. The van der Waals surface area contributed by atoms with E-state index in [1.54, 1.807) is 0 Å². The van der Waals surface area contributed by atoms with Gasteiger partial charge in [0.1, 0.15) is 0 Å². The Kier molecular flexibility index (Phi) is 2.54. The summed E-state index contributed by atoms with van der Waals surface area (Å²) >= 11 is 0. The molecule has 3 atom stereocenters. The predicted molar refractivity (Wildman–Crippen MR) is 63.6 cm³/mol. The summed E-state index contributed by atoms with van der Waals surface area (Å²) in [6.45, 7) is 0. The summed E-state index contributed by atoms with van der Waals surface area (Å²) in [6.07, 6.45) is 14.6. The zero-order chi connectivity index (χ0) is 10.3. The summed E-state index contributed by atoms with van der Waals surface area (Å²) in [7, 11) is 0. The highest BCUT2D eigenvalue weighted by Crippen LogP contribution is 2.60. The molecule has 3 saturated carbocycles. The number of fused-ring (bicyclic) bond motifs is 3.